The summed E-state index contributed by atoms with van der Waals surface area (Å²) in [7, 11) is 0. The molecule has 0 bridgehead atoms. The van der Waals surface area contributed by atoms with Crippen LogP contribution in [0.25, 0.3) is 6.08 Å². The quantitative estimate of drug-likeness (QED) is 0.522. The van der Waals surface area contributed by atoms with Gasteiger partial charge in [-0.2, -0.15) is 5.10 Å². The molecule has 22 heavy (non-hydrogen) atoms. The summed E-state index contributed by atoms with van der Waals surface area (Å²) in [5.41, 5.74) is 3.60. The number of benzene rings is 2. The minimum absolute atomic E-state index is 0.0245. The van der Waals surface area contributed by atoms with Gasteiger partial charge in [-0.25, -0.2) is 5.43 Å². The first kappa shape index (κ1) is 15.1. The Kier molecular flexibility index (Phi) is 5.15. The molecule has 1 amide bonds. The lowest BCUT2D eigenvalue weighted by Crippen LogP contribution is -2.16. The van der Waals surface area contributed by atoms with Gasteiger partial charge in [0.25, 0.3) is 11.6 Å². The maximum atomic E-state index is 11.7. The lowest BCUT2D eigenvalue weighted by atomic mass is 10.2. The second kappa shape index (κ2) is 7.49. The van der Waals surface area contributed by atoms with Gasteiger partial charge in [0.15, 0.2) is 0 Å². The highest BCUT2D eigenvalue weighted by Gasteiger charge is 2.03. The molecule has 0 spiro atoms. The molecule has 0 aliphatic carbocycles. The van der Waals surface area contributed by atoms with E-state index >= 15 is 0 Å². The van der Waals surface area contributed by atoms with Crippen LogP contribution < -0.4 is 5.43 Å². The molecule has 0 fully saturated rings. The Labute approximate surface area is 126 Å². The monoisotopic (exact) mass is 295 g/mol. The number of hydrogen-bond donors (Lipinski definition) is 1. The van der Waals surface area contributed by atoms with Crippen LogP contribution in [0.15, 0.2) is 65.8 Å². The van der Waals surface area contributed by atoms with Crippen molar-refractivity contribution in [3.63, 3.8) is 0 Å². The highest BCUT2D eigenvalue weighted by molar-refractivity contribution is 5.94. The molecule has 0 radical (unpaired) electrons. The summed E-state index contributed by atoms with van der Waals surface area (Å²) in [4.78, 5) is 21.9. The lowest BCUT2D eigenvalue weighted by molar-refractivity contribution is -0.384. The molecule has 110 valence electrons. The number of hydrogen-bond acceptors (Lipinski definition) is 4. The molecule has 2 aromatic carbocycles. The fourth-order valence-corrected chi connectivity index (χ4v) is 1.69. The van der Waals surface area contributed by atoms with E-state index in [0.29, 0.717) is 11.1 Å². The Morgan fingerprint density at radius 1 is 1.14 bits per heavy atom. The summed E-state index contributed by atoms with van der Waals surface area (Å²) in [5.74, 6) is -0.305. The molecule has 2 rings (SSSR count). The Morgan fingerprint density at radius 3 is 2.64 bits per heavy atom. The third-order valence-corrected chi connectivity index (χ3v) is 2.73. The average Bonchev–Trinajstić information content (AvgIpc) is 2.55. The van der Waals surface area contributed by atoms with Gasteiger partial charge in [-0.15, -0.1) is 0 Å². The van der Waals surface area contributed by atoms with E-state index in [1.54, 1.807) is 48.6 Å². The van der Waals surface area contributed by atoms with Crippen LogP contribution in [0.1, 0.15) is 15.9 Å². The summed E-state index contributed by atoms with van der Waals surface area (Å²) >= 11 is 0. The number of rotatable bonds is 5. The standard InChI is InChI=1S/C16H13N3O3/c20-16(14-8-2-1-3-9-14)18-17-11-5-7-13-6-4-10-15(12-13)19(21)22/h1-12H,(H,18,20)/b7-5+,17-11-. The number of nitro groups is 1. The first-order valence-electron chi connectivity index (χ1n) is 6.46. The number of allylic oxidation sites excluding steroid dienone is 1. The zero-order valence-electron chi connectivity index (χ0n) is 11.5. The Balaban J connectivity index is 1.91. The predicted octanol–water partition coefficient (Wildman–Crippen LogP) is 3.02. The van der Waals surface area contributed by atoms with E-state index in [1.807, 2.05) is 6.07 Å². The minimum atomic E-state index is -0.453. The Hall–Kier alpha value is -3.28. The van der Waals surface area contributed by atoms with Crippen LogP contribution in [0.2, 0.25) is 0 Å². The van der Waals surface area contributed by atoms with Gasteiger partial charge in [0.2, 0.25) is 0 Å². The zero-order valence-corrected chi connectivity index (χ0v) is 11.5. The first-order chi connectivity index (χ1) is 10.7. The number of amides is 1. The molecule has 1 N–H and O–H groups in total. The molecule has 0 aliphatic heterocycles. The van der Waals surface area contributed by atoms with Crippen molar-refractivity contribution in [3.05, 3.63) is 81.9 Å². The Morgan fingerprint density at radius 2 is 1.91 bits per heavy atom. The second-order valence-electron chi connectivity index (χ2n) is 4.30. The van der Waals surface area contributed by atoms with Gasteiger partial charge in [0.05, 0.1) is 4.92 Å². The summed E-state index contributed by atoms with van der Waals surface area (Å²) in [6.45, 7) is 0. The molecule has 0 saturated carbocycles. The van der Waals surface area contributed by atoms with Gasteiger partial charge in [-0.1, -0.05) is 36.4 Å². The van der Waals surface area contributed by atoms with E-state index in [4.69, 9.17) is 0 Å². The molecule has 6 heteroatoms. The van der Waals surface area contributed by atoms with Crippen LogP contribution in [0, 0.1) is 10.1 Å². The maximum Gasteiger partial charge on any atom is 0.271 e. The van der Waals surface area contributed by atoms with E-state index in [2.05, 4.69) is 10.5 Å². The SMILES string of the molecule is O=C(N/N=C\C=C\c1cccc([N+](=O)[O-])c1)c1ccccc1. The van der Waals surface area contributed by atoms with Crippen molar-refractivity contribution in [2.24, 2.45) is 5.10 Å². The van der Waals surface area contributed by atoms with E-state index in [9.17, 15) is 14.9 Å². The second-order valence-corrected chi connectivity index (χ2v) is 4.30. The highest BCUT2D eigenvalue weighted by Crippen LogP contribution is 2.13. The van der Waals surface area contributed by atoms with Crippen molar-refractivity contribution in [1.29, 1.82) is 0 Å². The van der Waals surface area contributed by atoms with Gasteiger partial charge < -0.3 is 0 Å². The smallest absolute Gasteiger partial charge is 0.267 e. The minimum Gasteiger partial charge on any atom is -0.267 e. The van der Waals surface area contributed by atoms with Crippen LogP contribution in [-0.4, -0.2) is 17.0 Å². The van der Waals surface area contributed by atoms with Crippen molar-refractivity contribution in [2.45, 2.75) is 0 Å². The molecular weight excluding hydrogens is 282 g/mol. The molecule has 2 aromatic rings. The van der Waals surface area contributed by atoms with E-state index in [-0.39, 0.29) is 11.6 Å². The first-order valence-corrected chi connectivity index (χ1v) is 6.46. The van der Waals surface area contributed by atoms with Crippen LogP contribution >= 0.6 is 0 Å². The van der Waals surface area contributed by atoms with E-state index in [1.165, 1.54) is 18.3 Å². The third kappa shape index (κ3) is 4.38. The number of carbonyl (C=O) groups excluding carboxylic acids is 1. The summed E-state index contributed by atoms with van der Waals surface area (Å²) in [6, 6.07) is 14.9. The summed E-state index contributed by atoms with van der Waals surface area (Å²) < 4.78 is 0. The van der Waals surface area contributed by atoms with Gasteiger partial charge in [-0.05, 0) is 23.8 Å². The van der Waals surface area contributed by atoms with Gasteiger partial charge in [-0.3, -0.25) is 14.9 Å². The van der Waals surface area contributed by atoms with Crippen LogP contribution in [0.3, 0.4) is 0 Å². The highest BCUT2D eigenvalue weighted by atomic mass is 16.6. The number of hydrazone groups is 1. The molecule has 6 nitrogen and oxygen atoms in total. The number of carbonyl (C=O) groups is 1. The molecule has 0 aliphatic rings. The normalized spacial score (nSPS) is 10.9. The molecular formula is C16H13N3O3. The molecule has 0 heterocycles. The van der Waals surface area contributed by atoms with Gasteiger partial charge >= 0.3 is 0 Å². The summed E-state index contributed by atoms with van der Waals surface area (Å²) in [5, 5.41) is 14.4. The lowest BCUT2D eigenvalue weighted by Gasteiger charge is -1.97. The van der Waals surface area contributed by atoms with Crippen molar-refractivity contribution in [3.8, 4) is 0 Å². The number of non-ortho nitro benzene ring substituents is 1. The van der Waals surface area contributed by atoms with Crippen molar-refractivity contribution < 1.29 is 9.72 Å². The van der Waals surface area contributed by atoms with E-state index < -0.39 is 4.92 Å². The van der Waals surface area contributed by atoms with Crippen LogP contribution in [0.4, 0.5) is 5.69 Å². The fraction of sp³-hybridized carbons (Fsp3) is 0. The van der Waals surface area contributed by atoms with Crippen LogP contribution in [0.5, 0.6) is 0 Å². The van der Waals surface area contributed by atoms with Crippen molar-refractivity contribution in [1.82, 2.24) is 5.43 Å². The van der Waals surface area contributed by atoms with E-state index in [0.717, 1.165) is 0 Å². The largest absolute Gasteiger partial charge is 0.271 e. The molecule has 0 unspecified atom stereocenters. The summed E-state index contributed by atoms with van der Waals surface area (Å²) in [6.07, 6.45) is 4.65. The molecule has 0 saturated heterocycles. The fourth-order valence-electron chi connectivity index (χ4n) is 1.69. The number of nitrogens with zero attached hydrogens (tertiary/aromatic N) is 2. The zero-order chi connectivity index (χ0) is 15.8. The molecule has 0 atom stereocenters. The Bertz CT molecular complexity index is 724. The molecule has 0 aromatic heterocycles. The predicted molar refractivity (Wildman–Crippen MR) is 84.5 cm³/mol. The average molecular weight is 295 g/mol. The third-order valence-electron chi connectivity index (χ3n) is 2.73. The maximum absolute atomic E-state index is 11.7. The van der Waals surface area contributed by atoms with Gasteiger partial charge in [0.1, 0.15) is 0 Å². The topological polar surface area (TPSA) is 84.6 Å². The van der Waals surface area contributed by atoms with Crippen molar-refractivity contribution >= 4 is 23.9 Å². The van der Waals surface area contributed by atoms with Gasteiger partial charge in [0, 0.05) is 23.9 Å². The number of nitro benzene ring substituents is 1. The van der Waals surface area contributed by atoms with Crippen LogP contribution in [-0.2, 0) is 0 Å². The number of nitrogens with one attached hydrogen (secondary N) is 1. The van der Waals surface area contributed by atoms with Crippen molar-refractivity contribution in [2.75, 3.05) is 0 Å².